The maximum Gasteiger partial charge on any atom is 0.407 e. The summed E-state index contributed by atoms with van der Waals surface area (Å²) in [6.07, 6.45) is 1.85. The topological polar surface area (TPSA) is 117 Å². The largest absolute Gasteiger partial charge is 0.444 e. The van der Waals surface area contributed by atoms with E-state index in [-0.39, 0.29) is 35.4 Å². The highest BCUT2D eigenvalue weighted by molar-refractivity contribution is 5.92. The molecule has 0 unspecified atom stereocenters. The van der Waals surface area contributed by atoms with E-state index >= 15 is 0 Å². The van der Waals surface area contributed by atoms with E-state index in [4.69, 9.17) is 9.47 Å². The molecule has 2 fully saturated rings. The molecule has 0 bridgehead atoms. The number of halogens is 1. The fourth-order valence-electron chi connectivity index (χ4n) is 4.09. The van der Waals surface area contributed by atoms with Crippen LogP contribution in [0, 0.1) is 11.7 Å². The third-order valence-electron chi connectivity index (χ3n) is 6.28. The summed E-state index contributed by atoms with van der Waals surface area (Å²) in [5, 5.41) is 15.9. The van der Waals surface area contributed by atoms with E-state index in [0.717, 1.165) is 24.1 Å². The molecule has 3 heterocycles. The first-order valence-electron chi connectivity index (χ1n) is 10.9. The SMILES string of the molecule is CC1(NC(=O)O[C@H]2CO[C@@H](c3cc(NC(=O)[C@@H]4CNc5ccc(F)cc5C4)n[nH]3)C2)CC1. The number of nitrogens with one attached hydrogen (secondary N) is 4. The average Bonchev–Trinajstić information content (AvgIpc) is 3.14. The van der Waals surface area contributed by atoms with Gasteiger partial charge in [0.2, 0.25) is 5.91 Å². The highest BCUT2D eigenvalue weighted by atomic mass is 19.1. The molecule has 2 amide bonds. The number of aromatic amines is 1. The quantitative estimate of drug-likeness (QED) is 0.565. The Balaban J connectivity index is 1.13. The lowest BCUT2D eigenvalue weighted by molar-refractivity contribution is -0.119. The van der Waals surface area contributed by atoms with Crippen LogP contribution in [0.3, 0.4) is 0 Å². The molecule has 1 aliphatic carbocycles. The van der Waals surface area contributed by atoms with Crippen molar-refractivity contribution < 1.29 is 23.5 Å². The highest BCUT2D eigenvalue weighted by Crippen LogP contribution is 2.35. The summed E-state index contributed by atoms with van der Waals surface area (Å²) in [6.45, 7) is 2.76. The van der Waals surface area contributed by atoms with E-state index in [1.807, 2.05) is 6.92 Å². The van der Waals surface area contributed by atoms with Crippen LogP contribution in [-0.4, -0.2) is 47.0 Å². The molecule has 10 heteroatoms. The van der Waals surface area contributed by atoms with Crippen molar-refractivity contribution in [3.8, 4) is 0 Å². The molecule has 32 heavy (non-hydrogen) atoms. The second-order valence-electron chi connectivity index (χ2n) is 9.05. The third kappa shape index (κ3) is 4.55. The van der Waals surface area contributed by atoms with Crippen LogP contribution < -0.4 is 16.0 Å². The van der Waals surface area contributed by atoms with E-state index in [9.17, 15) is 14.0 Å². The van der Waals surface area contributed by atoms with Crippen LogP contribution in [0.5, 0.6) is 0 Å². The van der Waals surface area contributed by atoms with Crippen molar-refractivity contribution in [2.24, 2.45) is 5.92 Å². The molecular formula is C22H26FN5O4. The number of hydrogen-bond acceptors (Lipinski definition) is 6. The molecule has 1 aromatic carbocycles. The van der Waals surface area contributed by atoms with Crippen molar-refractivity contribution in [3.63, 3.8) is 0 Å². The van der Waals surface area contributed by atoms with Gasteiger partial charge in [-0.25, -0.2) is 9.18 Å². The number of carbonyl (C=O) groups excluding carboxylic acids is 2. The maximum atomic E-state index is 13.5. The van der Waals surface area contributed by atoms with E-state index in [2.05, 4.69) is 26.1 Å². The second-order valence-corrected chi connectivity index (χ2v) is 9.05. The zero-order valence-corrected chi connectivity index (χ0v) is 17.7. The lowest BCUT2D eigenvalue weighted by Crippen LogP contribution is -2.37. The monoisotopic (exact) mass is 443 g/mol. The molecule has 2 aromatic rings. The van der Waals surface area contributed by atoms with Crippen LogP contribution in [0.15, 0.2) is 24.3 Å². The van der Waals surface area contributed by atoms with Gasteiger partial charge in [-0.1, -0.05) is 0 Å². The predicted molar refractivity (Wildman–Crippen MR) is 114 cm³/mol. The first-order valence-corrected chi connectivity index (χ1v) is 10.9. The Bertz CT molecular complexity index is 1040. The number of alkyl carbamates (subject to hydrolysis) is 1. The van der Waals surface area contributed by atoms with Gasteiger partial charge in [0.15, 0.2) is 5.82 Å². The summed E-state index contributed by atoms with van der Waals surface area (Å²) >= 11 is 0. The van der Waals surface area contributed by atoms with E-state index in [0.29, 0.717) is 37.5 Å². The molecule has 0 spiro atoms. The van der Waals surface area contributed by atoms with Crippen molar-refractivity contribution in [1.82, 2.24) is 15.5 Å². The zero-order valence-electron chi connectivity index (χ0n) is 17.7. The molecule has 3 atom stereocenters. The van der Waals surface area contributed by atoms with Gasteiger partial charge in [0.05, 0.1) is 18.2 Å². The van der Waals surface area contributed by atoms with E-state index < -0.39 is 6.09 Å². The standard InChI is InChI=1S/C22H26FN5O4/c1-22(4-5-22)26-21(30)32-15-8-18(31-11-15)17-9-19(28-27-17)25-20(29)13-6-12-7-14(23)2-3-16(12)24-10-13/h2-3,7,9,13,15,18,24H,4-6,8,10-11H2,1H3,(H,26,30)(H2,25,27,28,29)/t13-,15+,18+/m0/s1. The molecule has 1 saturated heterocycles. The van der Waals surface area contributed by atoms with Gasteiger partial charge in [-0.05, 0) is 49.9 Å². The summed E-state index contributed by atoms with van der Waals surface area (Å²) in [7, 11) is 0. The molecule has 9 nitrogen and oxygen atoms in total. The van der Waals surface area contributed by atoms with Gasteiger partial charge in [0.25, 0.3) is 0 Å². The van der Waals surface area contributed by atoms with Gasteiger partial charge in [0, 0.05) is 30.3 Å². The Morgan fingerprint density at radius 2 is 2.16 bits per heavy atom. The number of ether oxygens (including phenoxy) is 2. The number of rotatable bonds is 5. The van der Waals surface area contributed by atoms with Crippen LogP contribution in [0.25, 0.3) is 0 Å². The molecule has 5 rings (SSSR count). The average molecular weight is 443 g/mol. The molecule has 1 aromatic heterocycles. The Hall–Kier alpha value is -3.14. The number of benzene rings is 1. The fourth-order valence-corrected chi connectivity index (χ4v) is 4.09. The van der Waals surface area contributed by atoms with Gasteiger partial charge in [-0.15, -0.1) is 0 Å². The molecule has 170 valence electrons. The van der Waals surface area contributed by atoms with Crippen molar-refractivity contribution in [2.75, 3.05) is 23.8 Å². The van der Waals surface area contributed by atoms with Gasteiger partial charge >= 0.3 is 6.09 Å². The normalized spacial score (nSPS) is 25.4. The number of aromatic nitrogens is 2. The summed E-state index contributed by atoms with van der Waals surface area (Å²) in [5.41, 5.74) is 2.21. The number of hydrogen-bond donors (Lipinski definition) is 4. The third-order valence-corrected chi connectivity index (χ3v) is 6.28. The number of carbonyl (C=O) groups is 2. The van der Waals surface area contributed by atoms with Gasteiger partial charge in [0.1, 0.15) is 18.0 Å². The Kier molecular flexibility index (Phi) is 5.24. The summed E-state index contributed by atoms with van der Waals surface area (Å²) in [6, 6.07) is 6.26. The van der Waals surface area contributed by atoms with Crippen molar-refractivity contribution in [1.29, 1.82) is 0 Å². The number of anilines is 2. The summed E-state index contributed by atoms with van der Waals surface area (Å²) in [5.74, 6) is -0.454. The number of fused-ring (bicyclic) bond motifs is 1. The smallest absolute Gasteiger partial charge is 0.407 e. The number of nitrogens with zero attached hydrogens (tertiary/aromatic N) is 1. The molecular weight excluding hydrogens is 417 g/mol. The van der Waals surface area contributed by atoms with Gasteiger partial charge in [-0.2, -0.15) is 5.10 Å². The van der Waals surface area contributed by atoms with Crippen LogP contribution in [0.4, 0.5) is 20.7 Å². The van der Waals surface area contributed by atoms with E-state index in [1.54, 1.807) is 12.1 Å². The Labute approximate surface area is 184 Å². The van der Waals surface area contributed by atoms with Crippen molar-refractivity contribution >= 4 is 23.5 Å². The molecule has 0 radical (unpaired) electrons. The van der Waals surface area contributed by atoms with Crippen molar-refractivity contribution in [2.45, 2.75) is 50.4 Å². The highest BCUT2D eigenvalue weighted by Gasteiger charge is 2.40. The minimum absolute atomic E-state index is 0.128. The Morgan fingerprint density at radius 1 is 1.31 bits per heavy atom. The lowest BCUT2D eigenvalue weighted by atomic mass is 9.93. The minimum Gasteiger partial charge on any atom is -0.444 e. The van der Waals surface area contributed by atoms with Crippen LogP contribution in [0.1, 0.15) is 43.5 Å². The second kappa shape index (κ2) is 8.09. The maximum absolute atomic E-state index is 13.5. The van der Waals surface area contributed by atoms with E-state index in [1.165, 1.54) is 12.1 Å². The first kappa shape index (κ1) is 20.7. The van der Waals surface area contributed by atoms with Crippen LogP contribution in [-0.2, 0) is 20.7 Å². The van der Waals surface area contributed by atoms with Crippen LogP contribution in [0.2, 0.25) is 0 Å². The fraction of sp³-hybridized carbons (Fsp3) is 0.500. The molecule has 1 saturated carbocycles. The summed E-state index contributed by atoms with van der Waals surface area (Å²) in [4.78, 5) is 24.7. The van der Waals surface area contributed by atoms with Crippen LogP contribution >= 0.6 is 0 Å². The van der Waals surface area contributed by atoms with Gasteiger partial charge in [-0.3, -0.25) is 9.89 Å². The Morgan fingerprint density at radius 3 is 2.97 bits per heavy atom. The minimum atomic E-state index is -0.417. The molecule has 4 N–H and O–H groups in total. The molecule has 2 aliphatic heterocycles. The molecule has 3 aliphatic rings. The lowest BCUT2D eigenvalue weighted by Gasteiger charge is -2.25. The number of H-pyrrole nitrogens is 1. The predicted octanol–water partition coefficient (Wildman–Crippen LogP) is 2.88. The van der Waals surface area contributed by atoms with Crippen molar-refractivity contribution in [3.05, 3.63) is 41.3 Å². The number of amides is 2. The summed E-state index contributed by atoms with van der Waals surface area (Å²) < 4.78 is 24.7. The van der Waals surface area contributed by atoms with Gasteiger partial charge < -0.3 is 25.4 Å². The zero-order chi connectivity index (χ0) is 22.3. The first-order chi connectivity index (χ1) is 15.4.